The van der Waals surface area contributed by atoms with E-state index in [9.17, 15) is 19.5 Å². The van der Waals surface area contributed by atoms with Crippen LogP contribution < -0.4 is 5.32 Å². The summed E-state index contributed by atoms with van der Waals surface area (Å²) in [4.78, 5) is 60.4. The van der Waals surface area contributed by atoms with Crippen LogP contribution >= 0.6 is 0 Å². The Morgan fingerprint density at radius 1 is 1.16 bits per heavy atom. The van der Waals surface area contributed by atoms with Gasteiger partial charge in [-0.25, -0.2) is 0 Å². The molecular weight excluding hydrogens is 650 g/mol. The van der Waals surface area contributed by atoms with E-state index in [0.29, 0.717) is 37.7 Å². The van der Waals surface area contributed by atoms with E-state index in [-0.39, 0.29) is 43.4 Å². The molecule has 3 heterocycles. The van der Waals surface area contributed by atoms with Gasteiger partial charge in [0.1, 0.15) is 17.7 Å². The molecule has 1 spiro atoms. The van der Waals surface area contributed by atoms with Crippen LogP contribution in [0.4, 0.5) is 0 Å². The van der Waals surface area contributed by atoms with Crippen LogP contribution in [-0.4, -0.2) is 101 Å². The Bertz CT molecular complexity index is 1420. The summed E-state index contributed by atoms with van der Waals surface area (Å²) in [6, 6.07) is 6.67. The van der Waals surface area contributed by atoms with Gasteiger partial charge in [0.15, 0.2) is 0 Å². The predicted octanol–water partition coefficient (Wildman–Crippen LogP) is 4.74. The maximum Gasteiger partial charge on any atom is 0.313 e. The number of aliphatic hydroxyl groups is 1. The molecule has 51 heavy (non-hydrogen) atoms. The third-order valence-electron chi connectivity index (χ3n) is 10.6. The Labute approximate surface area is 303 Å². The second kappa shape index (κ2) is 16.4. The molecule has 3 aliphatic rings. The fourth-order valence-electron chi connectivity index (χ4n) is 8.88. The lowest BCUT2D eigenvalue weighted by atomic mass is 9.70. The lowest BCUT2D eigenvalue weighted by molar-refractivity contribution is -0.164. The van der Waals surface area contributed by atoms with Crippen molar-refractivity contribution in [3.63, 3.8) is 0 Å². The molecule has 11 nitrogen and oxygen atoms in total. The molecule has 282 valence electrons. The van der Waals surface area contributed by atoms with Crippen LogP contribution in [0.5, 0.6) is 0 Å². The number of aliphatic hydroxyl groups excluding tert-OH is 1. The zero-order valence-corrected chi connectivity index (χ0v) is 31.6. The first-order valence-electron chi connectivity index (χ1n) is 18.3. The molecule has 0 radical (unpaired) electrons. The highest BCUT2D eigenvalue weighted by Gasteiger charge is 2.76. The molecule has 8 atom stereocenters. The minimum atomic E-state index is -1.28. The van der Waals surface area contributed by atoms with Crippen LogP contribution in [0.2, 0.25) is 0 Å². The number of ether oxygens (including phenoxy) is 3. The number of esters is 1. The van der Waals surface area contributed by atoms with Crippen molar-refractivity contribution in [2.24, 2.45) is 17.3 Å². The second-order valence-electron chi connectivity index (χ2n) is 16.1. The number of allylic oxidation sites excluding steroid dienone is 1. The summed E-state index contributed by atoms with van der Waals surface area (Å²) in [7, 11) is 1.51. The van der Waals surface area contributed by atoms with E-state index in [4.69, 9.17) is 14.2 Å². The molecule has 3 aliphatic heterocycles. The van der Waals surface area contributed by atoms with Gasteiger partial charge in [-0.3, -0.25) is 19.2 Å². The number of amides is 3. The molecule has 0 unspecified atom stereocenters. The van der Waals surface area contributed by atoms with Crippen molar-refractivity contribution in [2.75, 3.05) is 26.9 Å². The monoisotopic (exact) mass is 709 g/mol. The Kier molecular flexibility index (Phi) is 13.0. The summed E-state index contributed by atoms with van der Waals surface area (Å²) >= 11 is 0. The van der Waals surface area contributed by atoms with Gasteiger partial charge in [0.25, 0.3) is 0 Å². The maximum absolute atomic E-state index is 15.0. The number of hydrogen-bond donors (Lipinski definition) is 2. The number of carbonyl (C=O) groups is 4. The molecule has 2 bridgehead atoms. The first-order chi connectivity index (χ1) is 24.1. The molecule has 0 aliphatic carbocycles. The average molecular weight is 710 g/mol. The van der Waals surface area contributed by atoms with E-state index in [0.717, 1.165) is 0 Å². The molecule has 11 heteroatoms. The van der Waals surface area contributed by atoms with Crippen LogP contribution in [0.3, 0.4) is 0 Å². The maximum atomic E-state index is 15.0. The first kappa shape index (κ1) is 40.2. The lowest BCUT2D eigenvalue weighted by Crippen LogP contribution is -2.62. The summed E-state index contributed by atoms with van der Waals surface area (Å²) in [5.74, 6) is -3.55. The van der Waals surface area contributed by atoms with Crippen LogP contribution in [0, 0.1) is 17.3 Å². The first-order valence-corrected chi connectivity index (χ1v) is 18.3. The van der Waals surface area contributed by atoms with Crippen LogP contribution in [-0.2, 0) is 33.4 Å². The zero-order chi connectivity index (χ0) is 37.7. The number of nitrogens with zero attached hydrogens (tertiary/aromatic N) is 2. The van der Waals surface area contributed by atoms with Crippen molar-refractivity contribution < 1.29 is 38.5 Å². The molecule has 0 saturated carbocycles. The topological polar surface area (TPSA) is 135 Å². The quantitative estimate of drug-likeness (QED) is 0.165. The lowest BCUT2D eigenvalue weighted by Gasteiger charge is -2.46. The predicted molar refractivity (Wildman–Crippen MR) is 194 cm³/mol. The minimum Gasteiger partial charge on any atom is -0.455 e. The Balaban J connectivity index is 1.75. The molecule has 3 fully saturated rings. The van der Waals surface area contributed by atoms with E-state index >= 15 is 4.79 Å². The Morgan fingerprint density at radius 2 is 1.84 bits per heavy atom. The fourth-order valence-corrected chi connectivity index (χ4v) is 8.88. The average Bonchev–Trinajstić information content (AvgIpc) is 3.72. The van der Waals surface area contributed by atoms with Crippen LogP contribution in [0.1, 0.15) is 91.7 Å². The molecule has 2 N–H and O–H groups in total. The van der Waals surface area contributed by atoms with Gasteiger partial charge in [-0.15, -0.1) is 13.2 Å². The zero-order valence-electron chi connectivity index (χ0n) is 31.6. The van der Waals surface area contributed by atoms with E-state index in [1.54, 1.807) is 17.1 Å². The van der Waals surface area contributed by atoms with Gasteiger partial charge in [0.05, 0.1) is 43.2 Å². The van der Waals surface area contributed by atoms with Crippen LogP contribution in [0.25, 0.3) is 0 Å². The highest BCUT2D eigenvalue weighted by Crippen LogP contribution is 2.59. The van der Waals surface area contributed by atoms with Crippen molar-refractivity contribution >= 4 is 23.7 Å². The number of methoxy groups -OCH3 is 1. The van der Waals surface area contributed by atoms with E-state index < -0.39 is 65.2 Å². The van der Waals surface area contributed by atoms with Crippen molar-refractivity contribution in [1.82, 2.24) is 15.1 Å². The smallest absolute Gasteiger partial charge is 0.313 e. The van der Waals surface area contributed by atoms with Gasteiger partial charge in [0.2, 0.25) is 17.7 Å². The highest BCUT2D eigenvalue weighted by atomic mass is 16.6. The number of fused-ring (bicyclic) bond motifs is 1. The van der Waals surface area contributed by atoms with Crippen molar-refractivity contribution in [2.45, 2.75) is 122 Å². The third kappa shape index (κ3) is 8.26. The minimum absolute atomic E-state index is 0.0616. The molecular formula is C40H59N3O8. The Morgan fingerprint density at radius 3 is 2.41 bits per heavy atom. The molecule has 1 aromatic rings. The number of likely N-dealkylation sites (tertiary alicyclic amines) is 1. The van der Waals surface area contributed by atoms with Crippen molar-refractivity contribution in [1.29, 1.82) is 0 Å². The molecule has 3 saturated heterocycles. The number of nitrogens with one attached hydrogen (secondary N) is 1. The Hall–Kier alpha value is -3.54. The normalized spacial score (nSPS) is 25.9. The van der Waals surface area contributed by atoms with Gasteiger partial charge >= 0.3 is 5.97 Å². The summed E-state index contributed by atoms with van der Waals surface area (Å²) in [6.45, 7) is 19.9. The fraction of sp³-hybridized carbons (Fsp3) is 0.650. The summed E-state index contributed by atoms with van der Waals surface area (Å²) < 4.78 is 18.5. The summed E-state index contributed by atoms with van der Waals surface area (Å²) in [5, 5.41) is 13.5. The van der Waals surface area contributed by atoms with E-state index in [2.05, 4.69) is 39.2 Å². The van der Waals surface area contributed by atoms with Gasteiger partial charge in [-0.1, -0.05) is 70.2 Å². The highest BCUT2D eigenvalue weighted by molar-refractivity contribution is 5.98. The largest absolute Gasteiger partial charge is 0.455 e. The van der Waals surface area contributed by atoms with Crippen molar-refractivity contribution in [3.8, 4) is 0 Å². The van der Waals surface area contributed by atoms with Crippen LogP contribution in [0.15, 0.2) is 55.6 Å². The van der Waals surface area contributed by atoms with Gasteiger partial charge in [0, 0.05) is 25.6 Å². The standard InChI is InChI=1S/C40H59N3O8/c1-10-13-19-30(45)41-28(24-49-9)33(26-17-15-14-16-18-26)50-37(48)31-29-20-21-40(51-29)32(31)35(46)43(27(12-3)23-44)34(40)36(47)42(22-11-2)39(7,8)25-38(4,5)6/h10-11,14-18,27-29,31-34,44H,1-2,12-13,19-25H2,3-9H3,(H,41,45)/t27-,28+,29+,31-,32-,33+,34+,40-/m0/s1. The van der Waals surface area contributed by atoms with Gasteiger partial charge < -0.3 is 34.4 Å². The van der Waals surface area contributed by atoms with E-state index in [1.807, 2.05) is 51.1 Å². The second-order valence-corrected chi connectivity index (χ2v) is 16.1. The molecule has 1 aromatic carbocycles. The SMILES string of the molecule is C=CCCC(=O)N[C@H](COC)[C@H](OC(=O)[C@@H]1[C@H]2C(=O)N([C@@H](CC)CO)[C@H](C(=O)N(CC=C)C(C)(C)CC(C)(C)C)[C@]23CC[C@H]1O3)c1ccccc1. The third-order valence-corrected chi connectivity index (χ3v) is 10.6. The number of hydrogen-bond acceptors (Lipinski definition) is 8. The molecule has 3 amide bonds. The summed E-state index contributed by atoms with van der Waals surface area (Å²) in [6.07, 6.45) is 4.40. The van der Waals surface area contributed by atoms with Gasteiger partial charge in [-0.2, -0.15) is 0 Å². The number of rotatable bonds is 18. The number of benzene rings is 1. The van der Waals surface area contributed by atoms with Gasteiger partial charge in [-0.05, 0) is 56.9 Å². The molecule has 0 aromatic heterocycles. The number of carbonyl (C=O) groups excluding carboxylic acids is 4. The summed E-state index contributed by atoms with van der Waals surface area (Å²) in [5.41, 5.74) is -1.35. The molecule has 4 rings (SSSR count). The van der Waals surface area contributed by atoms with E-state index in [1.165, 1.54) is 12.0 Å². The van der Waals surface area contributed by atoms with Crippen molar-refractivity contribution in [3.05, 3.63) is 61.2 Å².